The second-order valence-electron chi connectivity index (χ2n) is 5.09. The predicted molar refractivity (Wildman–Crippen MR) is 81.1 cm³/mol. The van der Waals surface area contributed by atoms with E-state index >= 15 is 0 Å². The van der Waals surface area contributed by atoms with Gasteiger partial charge in [-0.1, -0.05) is 12.1 Å². The first kappa shape index (κ1) is 12.9. The van der Waals surface area contributed by atoms with Gasteiger partial charge in [-0.05, 0) is 65.4 Å². The molecule has 2 aromatic rings. The van der Waals surface area contributed by atoms with E-state index in [-0.39, 0.29) is 0 Å². The minimum absolute atomic E-state index is 0.629. The van der Waals surface area contributed by atoms with Crippen LogP contribution in [0.3, 0.4) is 0 Å². The average Bonchev–Trinajstić information content (AvgIpc) is 2.80. The van der Waals surface area contributed by atoms with Crippen molar-refractivity contribution >= 4 is 15.9 Å². The Hall–Kier alpha value is -1.13. The molecule has 0 spiro atoms. The van der Waals surface area contributed by atoms with Gasteiger partial charge in [0.05, 0.1) is 10.2 Å². The van der Waals surface area contributed by atoms with E-state index in [0.29, 0.717) is 6.54 Å². The number of rotatable bonds is 3. The summed E-state index contributed by atoms with van der Waals surface area (Å²) in [5.74, 6) is 0. The van der Waals surface area contributed by atoms with Gasteiger partial charge in [0.1, 0.15) is 5.69 Å². The van der Waals surface area contributed by atoms with E-state index in [2.05, 4.69) is 44.3 Å². The van der Waals surface area contributed by atoms with Crippen molar-refractivity contribution in [2.45, 2.75) is 32.1 Å². The number of nitrogens with one attached hydrogen (secondary N) is 1. The molecule has 1 aliphatic carbocycles. The molecule has 0 radical (unpaired) electrons. The molecule has 0 aliphatic heterocycles. The van der Waals surface area contributed by atoms with Gasteiger partial charge in [0.2, 0.25) is 0 Å². The van der Waals surface area contributed by atoms with Crippen LogP contribution in [-0.2, 0) is 19.3 Å². The Morgan fingerprint density at radius 2 is 2.00 bits per heavy atom. The number of fused-ring (bicyclic) bond motifs is 1. The van der Waals surface area contributed by atoms with Gasteiger partial charge in [-0.25, -0.2) is 0 Å². The second-order valence-corrected chi connectivity index (χ2v) is 5.89. The number of nitrogens with zero attached hydrogens (tertiary/aromatic N) is 1. The lowest BCUT2D eigenvalue weighted by molar-refractivity contribution is 0.686. The van der Waals surface area contributed by atoms with E-state index < -0.39 is 0 Å². The number of hydrogen-bond donors (Lipinski definition) is 2. The maximum atomic E-state index is 5.60. The summed E-state index contributed by atoms with van der Waals surface area (Å²) >= 11 is 3.64. The Kier molecular flexibility index (Phi) is 3.71. The first-order valence-corrected chi connectivity index (χ1v) is 7.64. The molecule has 100 valence electrons. The first-order valence-electron chi connectivity index (χ1n) is 6.84. The van der Waals surface area contributed by atoms with Crippen molar-refractivity contribution < 1.29 is 0 Å². The fourth-order valence-corrected chi connectivity index (χ4v) is 3.35. The zero-order valence-corrected chi connectivity index (χ0v) is 12.5. The molecule has 4 heteroatoms. The topological polar surface area (TPSA) is 54.7 Å². The molecule has 19 heavy (non-hydrogen) atoms. The summed E-state index contributed by atoms with van der Waals surface area (Å²) in [4.78, 5) is 0. The molecule has 1 aromatic heterocycles. The fraction of sp³-hybridized carbons (Fsp3) is 0.400. The predicted octanol–water partition coefficient (Wildman–Crippen LogP) is 3.22. The third-order valence-corrected chi connectivity index (χ3v) is 4.65. The Bertz CT molecular complexity index is 589. The van der Waals surface area contributed by atoms with Crippen LogP contribution >= 0.6 is 15.9 Å². The number of H-pyrrole nitrogens is 1. The van der Waals surface area contributed by atoms with E-state index in [0.717, 1.165) is 22.3 Å². The third kappa shape index (κ3) is 2.47. The Morgan fingerprint density at radius 3 is 2.79 bits per heavy atom. The molecule has 3 nitrogen and oxygen atoms in total. The summed E-state index contributed by atoms with van der Waals surface area (Å²) in [7, 11) is 0. The van der Waals surface area contributed by atoms with E-state index in [4.69, 9.17) is 5.73 Å². The number of aromatic amines is 1. The molecule has 0 unspecified atom stereocenters. The van der Waals surface area contributed by atoms with Crippen molar-refractivity contribution in [3.8, 4) is 11.3 Å². The molecule has 0 saturated heterocycles. The molecule has 3 rings (SSSR count). The smallest absolute Gasteiger partial charge is 0.107 e. The number of aryl methyl sites for hydroxylation is 2. The van der Waals surface area contributed by atoms with Gasteiger partial charge in [0.25, 0.3) is 0 Å². The molecule has 0 saturated carbocycles. The lowest BCUT2D eigenvalue weighted by atomic mass is 9.90. The maximum absolute atomic E-state index is 5.60. The lowest BCUT2D eigenvalue weighted by Gasteiger charge is -2.16. The summed E-state index contributed by atoms with van der Waals surface area (Å²) in [5.41, 5.74) is 11.9. The van der Waals surface area contributed by atoms with Gasteiger partial charge in [0, 0.05) is 12.0 Å². The third-order valence-electron chi connectivity index (χ3n) is 3.79. The van der Waals surface area contributed by atoms with Gasteiger partial charge < -0.3 is 5.73 Å². The highest BCUT2D eigenvalue weighted by atomic mass is 79.9. The van der Waals surface area contributed by atoms with Crippen molar-refractivity contribution in [1.29, 1.82) is 0 Å². The van der Waals surface area contributed by atoms with E-state index in [9.17, 15) is 0 Å². The van der Waals surface area contributed by atoms with E-state index in [1.54, 1.807) is 0 Å². The molecule has 1 heterocycles. The SMILES string of the molecule is NCCc1[nH]nc(-c2ccc3c(c2)CCCC3)c1Br. The molecule has 1 aliphatic rings. The molecular weight excluding hydrogens is 302 g/mol. The van der Waals surface area contributed by atoms with E-state index in [1.807, 2.05) is 0 Å². The Balaban J connectivity index is 1.98. The van der Waals surface area contributed by atoms with Crippen molar-refractivity contribution in [3.05, 3.63) is 39.5 Å². The van der Waals surface area contributed by atoms with Crippen LogP contribution in [0.2, 0.25) is 0 Å². The highest BCUT2D eigenvalue weighted by Crippen LogP contribution is 2.32. The van der Waals surface area contributed by atoms with Crippen LogP contribution in [0.1, 0.15) is 29.7 Å². The standard InChI is InChI=1S/C15H18BrN3/c16-14-13(7-8-17)18-19-15(14)12-6-5-10-3-1-2-4-11(10)9-12/h5-6,9H,1-4,7-8,17H2,(H,18,19). The largest absolute Gasteiger partial charge is 0.330 e. The number of halogens is 1. The lowest BCUT2D eigenvalue weighted by Crippen LogP contribution is -2.03. The molecule has 0 bridgehead atoms. The maximum Gasteiger partial charge on any atom is 0.107 e. The van der Waals surface area contributed by atoms with Crippen molar-refractivity contribution in [2.75, 3.05) is 6.54 Å². The summed E-state index contributed by atoms with van der Waals surface area (Å²) in [6, 6.07) is 6.73. The van der Waals surface area contributed by atoms with Crippen LogP contribution < -0.4 is 5.73 Å². The molecule has 3 N–H and O–H groups in total. The van der Waals surface area contributed by atoms with Gasteiger partial charge in [-0.2, -0.15) is 5.10 Å². The molecule has 1 aromatic carbocycles. The van der Waals surface area contributed by atoms with Crippen molar-refractivity contribution in [1.82, 2.24) is 10.2 Å². The molecule has 0 amide bonds. The van der Waals surface area contributed by atoms with Gasteiger partial charge in [-0.3, -0.25) is 5.10 Å². The fourth-order valence-electron chi connectivity index (χ4n) is 2.75. The normalized spacial score (nSPS) is 14.4. The van der Waals surface area contributed by atoms with Crippen LogP contribution in [0.25, 0.3) is 11.3 Å². The number of aromatic nitrogens is 2. The van der Waals surface area contributed by atoms with Crippen LogP contribution in [-0.4, -0.2) is 16.7 Å². The Labute approximate surface area is 121 Å². The summed E-state index contributed by atoms with van der Waals surface area (Å²) in [5, 5.41) is 7.50. The first-order chi connectivity index (χ1) is 9.29. The van der Waals surface area contributed by atoms with Crippen LogP contribution in [0.4, 0.5) is 0 Å². The van der Waals surface area contributed by atoms with Gasteiger partial charge in [0.15, 0.2) is 0 Å². The quantitative estimate of drug-likeness (QED) is 0.912. The van der Waals surface area contributed by atoms with Crippen LogP contribution in [0.15, 0.2) is 22.7 Å². The average molecular weight is 320 g/mol. The van der Waals surface area contributed by atoms with Crippen molar-refractivity contribution in [3.63, 3.8) is 0 Å². The number of benzene rings is 1. The monoisotopic (exact) mass is 319 g/mol. The highest BCUT2D eigenvalue weighted by molar-refractivity contribution is 9.10. The van der Waals surface area contributed by atoms with E-state index in [1.165, 1.54) is 42.4 Å². The van der Waals surface area contributed by atoms with Gasteiger partial charge in [-0.15, -0.1) is 0 Å². The Morgan fingerprint density at radius 1 is 1.21 bits per heavy atom. The summed E-state index contributed by atoms with van der Waals surface area (Å²) < 4.78 is 1.05. The number of hydrogen-bond acceptors (Lipinski definition) is 2. The molecular formula is C15H18BrN3. The molecule has 0 fully saturated rings. The summed E-state index contributed by atoms with van der Waals surface area (Å²) in [6.45, 7) is 0.629. The summed E-state index contributed by atoms with van der Waals surface area (Å²) in [6.07, 6.45) is 5.85. The van der Waals surface area contributed by atoms with Crippen LogP contribution in [0.5, 0.6) is 0 Å². The van der Waals surface area contributed by atoms with Crippen LogP contribution in [0, 0.1) is 0 Å². The minimum Gasteiger partial charge on any atom is -0.330 e. The van der Waals surface area contributed by atoms with Gasteiger partial charge >= 0.3 is 0 Å². The number of nitrogens with two attached hydrogens (primary N) is 1. The highest BCUT2D eigenvalue weighted by Gasteiger charge is 2.15. The molecule has 0 atom stereocenters. The van der Waals surface area contributed by atoms with Crippen molar-refractivity contribution in [2.24, 2.45) is 5.73 Å². The zero-order valence-electron chi connectivity index (χ0n) is 10.9. The minimum atomic E-state index is 0.629. The zero-order chi connectivity index (χ0) is 13.2. The second kappa shape index (κ2) is 5.47.